The van der Waals surface area contributed by atoms with Crippen molar-refractivity contribution in [2.45, 2.75) is 19.1 Å². The molecule has 160 valence electrons. The van der Waals surface area contributed by atoms with E-state index < -0.39 is 22.1 Å². The molecule has 0 radical (unpaired) electrons. The van der Waals surface area contributed by atoms with Crippen molar-refractivity contribution in [1.82, 2.24) is 15.9 Å². The second-order valence-corrected chi connectivity index (χ2v) is 8.71. The third kappa shape index (κ3) is 4.62. The Morgan fingerprint density at radius 3 is 2.75 bits per heavy atom. The van der Waals surface area contributed by atoms with Gasteiger partial charge in [-0.15, -0.1) is 0 Å². The third-order valence-electron chi connectivity index (χ3n) is 4.85. The van der Waals surface area contributed by atoms with E-state index in [0.717, 1.165) is 5.56 Å². The van der Waals surface area contributed by atoms with Crippen LogP contribution in [0.2, 0.25) is 0 Å². The Labute approximate surface area is 163 Å². The number of rotatable bonds is 7. The van der Waals surface area contributed by atoms with Gasteiger partial charge in [0.15, 0.2) is 0 Å². The number of anilines is 2. The van der Waals surface area contributed by atoms with E-state index in [1.54, 1.807) is 18.1 Å². The molecule has 3 N–H and O–H groups in total. The summed E-state index contributed by atoms with van der Waals surface area (Å²) in [4.78, 5) is 0. The standard InChI is InChI=1S/C16H24F3N5O3S.H2/c1-23-15-11(8-20-23)4-5-13(27-2)14(15)22-28(25,26)7-3-6-24-10-12(9-21-24)16(17,18)19;/h4-5,12,20-22H,3,6-10H2,1-2H3;1H. The second-order valence-electron chi connectivity index (χ2n) is 6.87. The normalized spacial score (nSPS) is 20.5. The zero-order chi connectivity index (χ0) is 20.5. The molecule has 12 heteroatoms. The van der Waals surface area contributed by atoms with Gasteiger partial charge in [-0.2, -0.15) is 13.2 Å². The molecule has 1 saturated heterocycles. The molecule has 1 aromatic rings. The van der Waals surface area contributed by atoms with Gasteiger partial charge < -0.3 is 9.75 Å². The number of fused-ring (bicyclic) bond motifs is 1. The van der Waals surface area contributed by atoms with Crippen LogP contribution < -0.4 is 25.3 Å². The van der Waals surface area contributed by atoms with Crippen molar-refractivity contribution in [2.24, 2.45) is 5.92 Å². The summed E-state index contributed by atoms with van der Waals surface area (Å²) in [7, 11) is -0.474. The molecule has 1 atom stereocenters. The van der Waals surface area contributed by atoms with Crippen molar-refractivity contribution in [3.8, 4) is 5.75 Å². The summed E-state index contributed by atoms with van der Waals surface area (Å²) >= 11 is 0. The Morgan fingerprint density at radius 1 is 1.36 bits per heavy atom. The van der Waals surface area contributed by atoms with E-state index in [9.17, 15) is 21.6 Å². The highest BCUT2D eigenvalue weighted by Gasteiger charge is 2.43. The number of sulfonamides is 1. The van der Waals surface area contributed by atoms with Crippen LogP contribution in [0.4, 0.5) is 24.5 Å². The fraction of sp³-hybridized carbons (Fsp3) is 0.625. The van der Waals surface area contributed by atoms with E-state index in [0.29, 0.717) is 23.7 Å². The van der Waals surface area contributed by atoms with Crippen LogP contribution in [-0.4, -0.2) is 59.1 Å². The van der Waals surface area contributed by atoms with Crippen molar-refractivity contribution in [2.75, 3.05) is 49.3 Å². The molecule has 2 aliphatic heterocycles. The first kappa shape index (κ1) is 21.0. The Kier molecular flexibility index (Phi) is 5.94. The summed E-state index contributed by atoms with van der Waals surface area (Å²) in [5.41, 5.74) is 7.74. The molecule has 0 bridgehead atoms. The Balaban J connectivity index is 0.00000300. The number of halogens is 3. The molecule has 2 aliphatic rings. The number of nitrogens with zero attached hydrogens (tertiary/aromatic N) is 2. The largest absolute Gasteiger partial charge is 0.494 e. The molecular formula is C16H26F3N5O3S. The molecule has 28 heavy (non-hydrogen) atoms. The van der Waals surface area contributed by atoms with Crippen LogP contribution >= 0.6 is 0 Å². The van der Waals surface area contributed by atoms with E-state index in [4.69, 9.17) is 4.74 Å². The molecular weight excluding hydrogens is 399 g/mol. The monoisotopic (exact) mass is 425 g/mol. The van der Waals surface area contributed by atoms with Crippen LogP contribution in [0.15, 0.2) is 12.1 Å². The summed E-state index contributed by atoms with van der Waals surface area (Å²) in [6.45, 7) is 0.430. The van der Waals surface area contributed by atoms with Crippen LogP contribution in [0.25, 0.3) is 0 Å². The molecule has 0 spiro atoms. The highest BCUT2D eigenvalue weighted by Crippen LogP contribution is 2.40. The van der Waals surface area contributed by atoms with Gasteiger partial charge in [0, 0.05) is 34.7 Å². The van der Waals surface area contributed by atoms with Gasteiger partial charge in [-0.1, -0.05) is 6.07 Å². The molecule has 0 amide bonds. The van der Waals surface area contributed by atoms with E-state index in [1.165, 1.54) is 12.1 Å². The fourth-order valence-corrected chi connectivity index (χ4v) is 4.49. The van der Waals surface area contributed by atoms with E-state index >= 15 is 0 Å². The first-order valence-corrected chi connectivity index (χ1v) is 10.5. The van der Waals surface area contributed by atoms with Crippen molar-refractivity contribution in [1.29, 1.82) is 0 Å². The maximum absolute atomic E-state index is 12.7. The number of benzene rings is 1. The predicted octanol–water partition coefficient (Wildman–Crippen LogP) is 1.53. The highest BCUT2D eigenvalue weighted by molar-refractivity contribution is 7.92. The SMILES string of the molecule is COc1ccc2c(c1NS(=O)(=O)CCCN1CC(C(F)(F)F)CN1)N(C)NC2.[HH]. The number of hydrogen-bond donors (Lipinski definition) is 3. The maximum atomic E-state index is 12.7. The number of ether oxygens (including phenoxy) is 1. The van der Waals surface area contributed by atoms with Gasteiger partial charge in [0.1, 0.15) is 11.4 Å². The molecule has 8 nitrogen and oxygen atoms in total. The number of nitrogens with one attached hydrogen (secondary N) is 3. The molecule has 1 aromatic carbocycles. The Hall–Kier alpha value is -1.76. The average Bonchev–Trinajstić information content (AvgIpc) is 3.22. The summed E-state index contributed by atoms with van der Waals surface area (Å²) in [6.07, 6.45) is -4.06. The Morgan fingerprint density at radius 2 is 2.11 bits per heavy atom. The summed E-state index contributed by atoms with van der Waals surface area (Å²) in [6, 6.07) is 3.56. The first-order valence-electron chi connectivity index (χ1n) is 8.83. The van der Waals surface area contributed by atoms with Crippen molar-refractivity contribution >= 4 is 21.4 Å². The minimum absolute atomic E-state index is 0. The average molecular weight is 425 g/mol. The van der Waals surface area contributed by atoms with Crippen molar-refractivity contribution in [3.05, 3.63) is 17.7 Å². The zero-order valence-electron chi connectivity index (χ0n) is 15.6. The number of hydrogen-bond acceptors (Lipinski definition) is 7. The zero-order valence-corrected chi connectivity index (χ0v) is 16.5. The van der Waals surface area contributed by atoms with Gasteiger partial charge in [-0.05, 0) is 18.1 Å². The molecule has 0 saturated carbocycles. The predicted molar refractivity (Wildman–Crippen MR) is 101 cm³/mol. The van der Waals surface area contributed by atoms with Gasteiger partial charge >= 0.3 is 6.18 Å². The smallest absolute Gasteiger partial charge is 0.394 e. The third-order valence-corrected chi connectivity index (χ3v) is 6.19. The summed E-state index contributed by atoms with van der Waals surface area (Å²) in [5, 5.41) is 3.15. The quantitative estimate of drug-likeness (QED) is 0.611. The van der Waals surface area contributed by atoms with Gasteiger partial charge in [0.05, 0.1) is 24.5 Å². The van der Waals surface area contributed by atoms with Crippen molar-refractivity contribution in [3.63, 3.8) is 0 Å². The number of hydrazine groups is 2. The van der Waals surface area contributed by atoms with Gasteiger partial charge in [-0.3, -0.25) is 10.1 Å². The van der Waals surface area contributed by atoms with Crippen molar-refractivity contribution < 1.29 is 27.8 Å². The van der Waals surface area contributed by atoms with Crippen LogP contribution in [0, 0.1) is 5.92 Å². The van der Waals surface area contributed by atoms with E-state index in [2.05, 4.69) is 15.6 Å². The van der Waals surface area contributed by atoms with E-state index in [-0.39, 0.29) is 33.2 Å². The lowest BCUT2D eigenvalue weighted by atomic mass is 10.1. The molecule has 2 heterocycles. The minimum atomic E-state index is -4.25. The second kappa shape index (κ2) is 7.93. The van der Waals surface area contributed by atoms with Gasteiger partial charge in [-0.25, -0.2) is 18.9 Å². The topological polar surface area (TPSA) is 85.9 Å². The van der Waals surface area contributed by atoms with Crippen LogP contribution in [0.1, 0.15) is 13.4 Å². The van der Waals surface area contributed by atoms with Crippen LogP contribution in [0.3, 0.4) is 0 Å². The first-order chi connectivity index (χ1) is 13.1. The van der Waals surface area contributed by atoms with Gasteiger partial charge in [0.2, 0.25) is 10.0 Å². The summed E-state index contributed by atoms with van der Waals surface area (Å²) in [5.74, 6) is -1.25. The fourth-order valence-electron chi connectivity index (χ4n) is 3.37. The van der Waals surface area contributed by atoms with Crippen LogP contribution in [0.5, 0.6) is 5.75 Å². The lowest BCUT2D eigenvalue weighted by Crippen LogP contribution is -2.33. The van der Waals surface area contributed by atoms with Crippen LogP contribution in [-0.2, 0) is 16.6 Å². The number of methoxy groups -OCH3 is 1. The van der Waals surface area contributed by atoms with E-state index in [1.807, 2.05) is 6.07 Å². The maximum Gasteiger partial charge on any atom is 0.394 e. The summed E-state index contributed by atoms with van der Waals surface area (Å²) < 4.78 is 71.1. The lowest BCUT2D eigenvalue weighted by Gasteiger charge is -2.20. The minimum Gasteiger partial charge on any atom is -0.494 e. The lowest BCUT2D eigenvalue weighted by molar-refractivity contribution is -0.167. The molecule has 0 aliphatic carbocycles. The highest BCUT2D eigenvalue weighted by atomic mass is 32.2. The molecule has 0 aromatic heterocycles. The van der Waals surface area contributed by atoms with Gasteiger partial charge in [0.25, 0.3) is 0 Å². The molecule has 3 rings (SSSR count). The molecule has 1 unspecified atom stereocenters. The molecule has 1 fully saturated rings. The number of alkyl halides is 3. The Bertz CT molecular complexity index is 825.